The van der Waals surface area contributed by atoms with Crippen molar-refractivity contribution in [2.75, 3.05) is 7.11 Å². The maximum atomic E-state index is 12.9. The summed E-state index contributed by atoms with van der Waals surface area (Å²) < 4.78 is 54.5. The first-order valence-electron chi connectivity index (χ1n) is 8.28. The Labute approximate surface area is 156 Å². The fourth-order valence-electron chi connectivity index (χ4n) is 3.40. The summed E-state index contributed by atoms with van der Waals surface area (Å²) in [6.45, 7) is 0. The van der Waals surface area contributed by atoms with E-state index in [1.54, 1.807) is 24.3 Å². The van der Waals surface area contributed by atoms with Crippen molar-refractivity contribution in [3.05, 3.63) is 75.6 Å². The molecule has 0 saturated heterocycles. The Morgan fingerprint density at radius 1 is 1.07 bits per heavy atom. The first-order valence-corrected chi connectivity index (χ1v) is 8.28. The molecule has 28 heavy (non-hydrogen) atoms. The molecule has 4 rings (SSSR count). The summed E-state index contributed by atoms with van der Waals surface area (Å²) in [6, 6.07) is 10.9. The number of benzene rings is 2. The average molecular weight is 390 g/mol. The second kappa shape index (κ2) is 6.40. The number of para-hydroxylation sites is 1. The summed E-state index contributed by atoms with van der Waals surface area (Å²) in [7, 11) is 1.17. The molecule has 5 nitrogen and oxygen atoms in total. The van der Waals surface area contributed by atoms with Crippen LogP contribution in [0.3, 0.4) is 0 Å². The Hall–Kier alpha value is -3.29. The van der Waals surface area contributed by atoms with E-state index in [0.29, 0.717) is 10.9 Å². The van der Waals surface area contributed by atoms with E-state index in [4.69, 9.17) is 13.9 Å². The van der Waals surface area contributed by atoms with E-state index in [1.165, 1.54) is 19.2 Å². The van der Waals surface area contributed by atoms with Gasteiger partial charge in [-0.2, -0.15) is 13.2 Å². The van der Waals surface area contributed by atoms with Gasteiger partial charge in [-0.05, 0) is 29.8 Å². The maximum absolute atomic E-state index is 12.9. The average Bonchev–Trinajstić information content (AvgIpc) is 3.08. The highest BCUT2D eigenvalue weighted by atomic mass is 19.4. The number of fused-ring (bicyclic) bond motifs is 3. The summed E-state index contributed by atoms with van der Waals surface area (Å²) in [4.78, 5) is 24.9. The van der Waals surface area contributed by atoms with Crippen molar-refractivity contribution in [3.63, 3.8) is 0 Å². The molecule has 3 aromatic rings. The largest absolute Gasteiger partial charge is 0.476 e. The lowest BCUT2D eigenvalue weighted by Crippen LogP contribution is -2.31. The minimum Gasteiger partial charge on any atom is -0.476 e. The summed E-state index contributed by atoms with van der Waals surface area (Å²) in [5, 5.41) is 0.486. The van der Waals surface area contributed by atoms with Gasteiger partial charge < -0.3 is 13.9 Å². The third kappa shape index (κ3) is 2.81. The smallest absolute Gasteiger partial charge is 0.416 e. The number of carbonyl (C=O) groups excluding carboxylic acids is 1. The molecule has 0 spiro atoms. The molecule has 1 aliphatic rings. The summed E-state index contributed by atoms with van der Waals surface area (Å²) >= 11 is 0. The molecule has 0 aliphatic carbocycles. The molecule has 0 radical (unpaired) electrons. The van der Waals surface area contributed by atoms with Crippen molar-refractivity contribution >= 4 is 16.9 Å². The van der Waals surface area contributed by atoms with Crippen LogP contribution in [-0.2, 0) is 15.7 Å². The molecular formula is C20H13F3O5. The lowest BCUT2D eigenvalue weighted by molar-refractivity contribution is -0.148. The molecular weight excluding hydrogens is 377 g/mol. The number of hydrogen-bond acceptors (Lipinski definition) is 5. The molecule has 1 aromatic heterocycles. The van der Waals surface area contributed by atoms with Crippen LogP contribution in [0.2, 0.25) is 0 Å². The van der Waals surface area contributed by atoms with Gasteiger partial charge in [-0.15, -0.1) is 0 Å². The predicted molar refractivity (Wildman–Crippen MR) is 92.2 cm³/mol. The number of alkyl halides is 3. The van der Waals surface area contributed by atoms with E-state index in [9.17, 15) is 22.8 Å². The molecule has 0 saturated carbocycles. The SMILES string of the molecule is COC(=O)[C@H]1Oc2c(c(=O)oc3ccccc23)[C@H]1c1ccc(C(F)(F)F)cc1. The summed E-state index contributed by atoms with van der Waals surface area (Å²) in [5.41, 5.74) is -0.887. The van der Waals surface area contributed by atoms with Crippen LogP contribution in [0, 0.1) is 0 Å². The van der Waals surface area contributed by atoms with E-state index in [2.05, 4.69) is 0 Å². The first kappa shape index (κ1) is 18.1. The Balaban J connectivity index is 1.91. The molecule has 0 unspecified atom stereocenters. The van der Waals surface area contributed by atoms with Crippen molar-refractivity contribution in [3.8, 4) is 5.75 Å². The van der Waals surface area contributed by atoms with Crippen LogP contribution < -0.4 is 10.4 Å². The van der Waals surface area contributed by atoms with Gasteiger partial charge >= 0.3 is 17.8 Å². The number of esters is 1. The third-order valence-corrected chi connectivity index (χ3v) is 4.69. The van der Waals surface area contributed by atoms with Crippen molar-refractivity contribution in [2.45, 2.75) is 18.2 Å². The normalized spacial score (nSPS) is 18.6. The summed E-state index contributed by atoms with van der Waals surface area (Å²) in [5.74, 6) is -1.53. The van der Waals surface area contributed by atoms with E-state index < -0.39 is 35.4 Å². The number of carbonyl (C=O) groups is 1. The van der Waals surface area contributed by atoms with Gasteiger partial charge in [-0.1, -0.05) is 24.3 Å². The van der Waals surface area contributed by atoms with Gasteiger partial charge in [-0.25, -0.2) is 9.59 Å². The monoisotopic (exact) mass is 390 g/mol. The molecule has 144 valence electrons. The van der Waals surface area contributed by atoms with Gasteiger partial charge in [-0.3, -0.25) is 0 Å². The van der Waals surface area contributed by atoms with E-state index >= 15 is 0 Å². The van der Waals surface area contributed by atoms with Gasteiger partial charge in [0.05, 0.1) is 29.5 Å². The van der Waals surface area contributed by atoms with Crippen molar-refractivity contribution in [1.29, 1.82) is 0 Å². The van der Waals surface area contributed by atoms with E-state index in [1.807, 2.05) is 0 Å². The zero-order valence-corrected chi connectivity index (χ0v) is 14.4. The number of ether oxygens (including phenoxy) is 2. The number of rotatable bonds is 2. The Morgan fingerprint density at radius 3 is 2.39 bits per heavy atom. The van der Waals surface area contributed by atoms with E-state index in [0.717, 1.165) is 12.1 Å². The van der Waals surface area contributed by atoms with Crippen LogP contribution in [0.1, 0.15) is 22.6 Å². The topological polar surface area (TPSA) is 65.7 Å². The lowest BCUT2D eigenvalue weighted by Gasteiger charge is -2.17. The van der Waals surface area contributed by atoms with Crippen molar-refractivity contribution < 1.29 is 31.9 Å². The van der Waals surface area contributed by atoms with Crippen molar-refractivity contribution in [2.24, 2.45) is 0 Å². The van der Waals surface area contributed by atoms with Gasteiger partial charge in [0, 0.05) is 0 Å². The number of methoxy groups -OCH3 is 1. The minimum absolute atomic E-state index is 0.0776. The molecule has 2 atom stereocenters. The fourth-order valence-corrected chi connectivity index (χ4v) is 3.40. The predicted octanol–water partition coefficient (Wildman–Crippen LogP) is 3.88. The number of halogens is 3. The Morgan fingerprint density at radius 2 is 1.75 bits per heavy atom. The molecule has 0 amide bonds. The van der Waals surface area contributed by atoms with Crippen LogP contribution in [0.5, 0.6) is 5.75 Å². The standard InChI is InChI=1S/C20H13F3O5/c1-26-19(25)17-14(10-6-8-11(9-7-10)20(21,22)23)15-16(28-17)12-4-2-3-5-13(12)27-18(15)24/h2-9,14,17H,1H3/t14-,17+/m1/s1. The molecule has 2 heterocycles. The fraction of sp³-hybridized carbons (Fsp3) is 0.200. The van der Waals surface area contributed by atoms with Crippen LogP contribution in [-0.4, -0.2) is 19.2 Å². The molecule has 0 bridgehead atoms. The lowest BCUT2D eigenvalue weighted by atomic mass is 9.88. The Bertz CT molecular complexity index is 1120. The zero-order valence-electron chi connectivity index (χ0n) is 14.4. The highest BCUT2D eigenvalue weighted by Crippen LogP contribution is 2.45. The first-order chi connectivity index (χ1) is 13.3. The van der Waals surface area contributed by atoms with Crippen LogP contribution in [0.15, 0.2) is 57.7 Å². The van der Waals surface area contributed by atoms with Crippen LogP contribution >= 0.6 is 0 Å². The molecule has 0 fully saturated rings. The van der Waals surface area contributed by atoms with Gasteiger partial charge in [0.25, 0.3) is 0 Å². The summed E-state index contributed by atoms with van der Waals surface area (Å²) in [6.07, 6.45) is -5.72. The molecule has 1 aliphatic heterocycles. The van der Waals surface area contributed by atoms with Gasteiger partial charge in [0.15, 0.2) is 0 Å². The minimum atomic E-state index is -4.50. The Kier molecular flexibility index (Phi) is 4.14. The van der Waals surface area contributed by atoms with E-state index in [-0.39, 0.29) is 16.9 Å². The highest BCUT2D eigenvalue weighted by molar-refractivity contribution is 5.88. The zero-order chi connectivity index (χ0) is 20.1. The highest BCUT2D eigenvalue weighted by Gasteiger charge is 2.45. The van der Waals surface area contributed by atoms with Crippen LogP contribution in [0.4, 0.5) is 13.2 Å². The number of hydrogen-bond donors (Lipinski definition) is 0. The second-order valence-electron chi connectivity index (χ2n) is 6.29. The van der Waals surface area contributed by atoms with Crippen LogP contribution in [0.25, 0.3) is 11.0 Å². The van der Waals surface area contributed by atoms with Gasteiger partial charge in [0.1, 0.15) is 11.3 Å². The second-order valence-corrected chi connectivity index (χ2v) is 6.29. The molecule has 0 N–H and O–H groups in total. The molecule has 8 heteroatoms. The molecule has 2 aromatic carbocycles. The quantitative estimate of drug-likeness (QED) is 0.491. The van der Waals surface area contributed by atoms with Crippen molar-refractivity contribution in [1.82, 2.24) is 0 Å². The maximum Gasteiger partial charge on any atom is 0.416 e. The third-order valence-electron chi connectivity index (χ3n) is 4.69. The van der Waals surface area contributed by atoms with Gasteiger partial charge in [0.2, 0.25) is 6.10 Å².